The van der Waals surface area contributed by atoms with Crippen LogP contribution < -0.4 is 5.84 Å². The molecule has 0 bridgehead atoms. The summed E-state index contributed by atoms with van der Waals surface area (Å²) < 4.78 is 0. The van der Waals surface area contributed by atoms with Gasteiger partial charge in [0, 0.05) is 38.3 Å². The average Bonchev–Trinajstić information content (AvgIpc) is 2.26. The van der Waals surface area contributed by atoms with Crippen molar-refractivity contribution in [2.24, 2.45) is 10.9 Å². The van der Waals surface area contributed by atoms with Crippen molar-refractivity contribution in [3.63, 3.8) is 0 Å². The summed E-state index contributed by atoms with van der Waals surface area (Å²) >= 11 is 0. The third kappa shape index (κ3) is 3.87. The summed E-state index contributed by atoms with van der Waals surface area (Å²) in [6.45, 7) is 5.46. The molecule has 15 heavy (non-hydrogen) atoms. The second-order valence-electron chi connectivity index (χ2n) is 4.05. The topological polar surface area (TPSA) is 61.9 Å². The molecule has 0 spiro atoms. The monoisotopic (exact) mass is 212 g/mol. The summed E-state index contributed by atoms with van der Waals surface area (Å²) in [6.07, 6.45) is 1.19. The molecule has 5 heteroatoms. The van der Waals surface area contributed by atoms with E-state index in [4.69, 9.17) is 5.84 Å². The molecule has 1 aliphatic rings. The lowest BCUT2D eigenvalue weighted by atomic mass is 10.2. The van der Waals surface area contributed by atoms with Crippen LogP contribution in [-0.2, 0) is 4.79 Å². The van der Waals surface area contributed by atoms with Crippen molar-refractivity contribution in [2.75, 3.05) is 33.2 Å². The molecule has 0 aromatic rings. The standard InChI is InChI=1S/C10H20N4O/c1-9(12-11)3-4-10(15)14-7-5-13(2)6-8-14/h3-8,11H2,1-2H3/b12-9-. The number of nitrogens with zero attached hydrogens (tertiary/aromatic N) is 3. The normalized spacial score (nSPS) is 19.3. The summed E-state index contributed by atoms with van der Waals surface area (Å²) in [5.41, 5.74) is 0.831. The lowest BCUT2D eigenvalue weighted by Gasteiger charge is -2.32. The minimum atomic E-state index is 0.214. The van der Waals surface area contributed by atoms with Crippen LogP contribution in [-0.4, -0.2) is 54.6 Å². The average molecular weight is 212 g/mol. The highest BCUT2D eigenvalue weighted by Crippen LogP contribution is 2.04. The Morgan fingerprint density at radius 2 is 1.87 bits per heavy atom. The first-order chi connectivity index (χ1) is 7.13. The Morgan fingerprint density at radius 3 is 2.40 bits per heavy atom. The molecule has 0 saturated carbocycles. The Kier molecular flexibility index (Phi) is 4.55. The van der Waals surface area contributed by atoms with Gasteiger partial charge in [0.05, 0.1) is 0 Å². The van der Waals surface area contributed by atoms with Crippen molar-refractivity contribution in [2.45, 2.75) is 19.8 Å². The van der Waals surface area contributed by atoms with Crippen LogP contribution >= 0.6 is 0 Å². The number of rotatable bonds is 3. The van der Waals surface area contributed by atoms with Crippen molar-refractivity contribution < 1.29 is 4.79 Å². The van der Waals surface area contributed by atoms with Gasteiger partial charge >= 0.3 is 0 Å². The van der Waals surface area contributed by atoms with Gasteiger partial charge in [-0.05, 0) is 20.4 Å². The quantitative estimate of drug-likeness (QED) is 0.403. The molecule has 1 heterocycles. The number of hydrazone groups is 1. The van der Waals surface area contributed by atoms with E-state index in [1.165, 1.54) is 0 Å². The predicted molar refractivity (Wildman–Crippen MR) is 60.6 cm³/mol. The summed E-state index contributed by atoms with van der Waals surface area (Å²) in [5, 5.41) is 3.56. The fourth-order valence-corrected chi connectivity index (χ4v) is 1.57. The van der Waals surface area contributed by atoms with Crippen molar-refractivity contribution in [3.8, 4) is 0 Å². The summed E-state index contributed by atoms with van der Waals surface area (Å²) in [6, 6.07) is 0. The number of likely N-dealkylation sites (N-methyl/N-ethyl adjacent to an activating group) is 1. The first-order valence-corrected chi connectivity index (χ1v) is 5.33. The highest BCUT2D eigenvalue weighted by Gasteiger charge is 2.18. The van der Waals surface area contributed by atoms with Gasteiger partial charge in [0.1, 0.15) is 0 Å². The number of hydrogen-bond donors (Lipinski definition) is 1. The third-order valence-corrected chi connectivity index (χ3v) is 2.78. The molecule has 1 fully saturated rings. The lowest BCUT2D eigenvalue weighted by Crippen LogP contribution is -2.47. The number of hydrogen-bond acceptors (Lipinski definition) is 4. The SMILES string of the molecule is C/C(CCC(=O)N1CCN(C)CC1)=N/N. The fraction of sp³-hybridized carbons (Fsp3) is 0.800. The first kappa shape index (κ1) is 12.0. The molecular formula is C10H20N4O. The van der Waals surface area contributed by atoms with Crippen LogP contribution in [0.15, 0.2) is 5.10 Å². The predicted octanol–water partition coefficient (Wildman–Crippen LogP) is -0.125. The molecule has 2 N–H and O–H groups in total. The Bertz CT molecular complexity index is 244. The number of amides is 1. The molecular weight excluding hydrogens is 192 g/mol. The Morgan fingerprint density at radius 1 is 1.27 bits per heavy atom. The van der Waals surface area contributed by atoms with Crippen LogP contribution in [0.2, 0.25) is 0 Å². The highest BCUT2D eigenvalue weighted by atomic mass is 16.2. The molecule has 1 aliphatic heterocycles. The number of carbonyl (C=O) groups is 1. The molecule has 0 aromatic heterocycles. The largest absolute Gasteiger partial charge is 0.340 e. The maximum Gasteiger partial charge on any atom is 0.223 e. The Hall–Kier alpha value is -1.10. The van der Waals surface area contributed by atoms with E-state index in [-0.39, 0.29) is 5.91 Å². The molecule has 0 unspecified atom stereocenters. The molecule has 0 atom stereocenters. The second-order valence-corrected chi connectivity index (χ2v) is 4.05. The van der Waals surface area contributed by atoms with Gasteiger partial charge in [-0.3, -0.25) is 4.79 Å². The second kappa shape index (κ2) is 5.70. The van der Waals surface area contributed by atoms with Crippen LogP contribution in [0.25, 0.3) is 0 Å². The van der Waals surface area contributed by atoms with Crippen molar-refractivity contribution >= 4 is 11.6 Å². The van der Waals surface area contributed by atoms with Gasteiger partial charge in [0.2, 0.25) is 5.91 Å². The minimum Gasteiger partial charge on any atom is -0.340 e. The van der Waals surface area contributed by atoms with E-state index < -0.39 is 0 Å². The van der Waals surface area contributed by atoms with E-state index in [9.17, 15) is 4.79 Å². The van der Waals surface area contributed by atoms with E-state index in [2.05, 4.69) is 17.0 Å². The molecule has 0 aliphatic carbocycles. The summed E-state index contributed by atoms with van der Waals surface area (Å²) in [4.78, 5) is 15.9. The molecule has 0 aromatic carbocycles. The van der Waals surface area contributed by atoms with E-state index in [1.807, 2.05) is 11.8 Å². The van der Waals surface area contributed by atoms with Gasteiger partial charge in [-0.2, -0.15) is 5.10 Å². The van der Waals surface area contributed by atoms with Crippen molar-refractivity contribution in [1.29, 1.82) is 0 Å². The molecule has 5 nitrogen and oxygen atoms in total. The lowest BCUT2D eigenvalue weighted by molar-refractivity contribution is -0.132. The van der Waals surface area contributed by atoms with Crippen LogP contribution in [0.3, 0.4) is 0 Å². The first-order valence-electron chi connectivity index (χ1n) is 5.33. The van der Waals surface area contributed by atoms with Crippen LogP contribution in [0, 0.1) is 0 Å². The molecule has 1 amide bonds. The Labute approximate surface area is 90.9 Å². The molecule has 1 saturated heterocycles. The summed E-state index contributed by atoms with van der Waals surface area (Å²) in [7, 11) is 2.08. The van der Waals surface area contributed by atoms with Gasteiger partial charge in [-0.25, -0.2) is 0 Å². The zero-order chi connectivity index (χ0) is 11.3. The third-order valence-electron chi connectivity index (χ3n) is 2.78. The van der Waals surface area contributed by atoms with E-state index >= 15 is 0 Å². The number of nitrogens with two attached hydrogens (primary N) is 1. The van der Waals surface area contributed by atoms with Gasteiger partial charge in [0.15, 0.2) is 0 Å². The van der Waals surface area contributed by atoms with Gasteiger partial charge in [-0.1, -0.05) is 0 Å². The Balaban J connectivity index is 2.28. The minimum absolute atomic E-state index is 0.214. The van der Waals surface area contributed by atoms with Crippen LogP contribution in [0.1, 0.15) is 19.8 Å². The van der Waals surface area contributed by atoms with E-state index in [1.54, 1.807) is 0 Å². The fourth-order valence-electron chi connectivity index (χ4n) is 1.57. The van der Waals surface area contributed by atoms with E-state index in [0.717, 1.165) is 31.9 Å². The van der Waals surface area contributed by atoms with Gasteiger partial charge in [0.25, 0.3) is 0 Å². The smallest absolute Gasteiger partial charge is 0.223 e. The number of piperazine rings is 1. The summed E-state index contributed by atoms with van der Waals surface area (Å²) in [5.74, 6) is 5.33. The van der Waals surface area contributed by atoms with Gasteiger partial charge < -0.3 is 15.6 Å². The van der Waals surface area contributed by atoms with Crippen LogP contribution in [0.5, 0.6) is 0 Å². The maximum atomic E-state index is 11.7. The van der Waals surface area contributed by atoms with Crippen molar-refractivity contribution in [1.82, 2.24) is 9.80 Å². The van der Waals surface area contributed by atoms with Gasteiger partial charge in [-0.15, -0.1) is 0 Å². The zero-order valence-corrected chi connectivity index (χ0v) is 9.57. The maximum absolute atomic E-state index is 11.7. The molecule has 1 rings (SSSR count). The number of carbonyl (C=O) groups excluding carboxylic acids is 1. The zero-order valence-electron chi connectivity index (χ0n) is 9.57. The highest BCUT2D eigenvalue weighted by molar-refractivity contribution is 5.86. The van der Waals surface area contributed by atoms with Crippen molar-refractivity contribution in [3.05, 3.63) is 0 Å². The molecule has 86 valence electrons. The molecule has 0 radical (unpaired) electrons. The van der Waals surface area contributed by atoms with Crippen LogP contribution in [0.4, 0.5) is 0 Å². The van der Waals surface area contributed by atoms with E-state index in [0.29, 0.717) is 12.8 Å².